The van der Waals surface area contributed by atoms with Gasteiger partial charge in [-0.25, -0.2) is 0 Å². The summed E-state index contributed by atoms with van der Waals surface area (Å²) >= 11 is 0. The lowest BCUT2D eigenvalue weighted by Gasteiger charge is -2.37. The van der Waals surface area contributed by atoms with E-state index in [0.29, 0.717) is 30.3 Å². The molecule has 1 aliphatic heterocycles. The Labute approximate surface area is 130 Å². The fourth-order valence-corrected chi connectivity index (χ4v) is 2.61. The van der Waals surface area contributed by atoms with Crippen LogP contribution in [0.25, 0.3) is 6.08 Å². The summed E-state index contributed by atoms with van der Waals surface area (Å²) in [4.78, 5) is 27.1. The lowest BCUT2D eigenvalue weighted by atomic mass is 10.1. The molecular formula is C16H21N3O3. The fourth-order valence-electron chi connectivity index (χ4n) is 2.61. The zero-order valence-corrected chi connectivity index (χ0v) is 13.0. The number of amides is 1. The SMILES string of the molecule is C=Cc1cc(C(=O)N2CCN(C(C)C)CC2)cc([N+](=O)[O-])c1. The number of carbonyl (C=O) groups excluding carboxylic acids is 1. The second-order valence-corrected chi connectivity index (χ2v) is 5.70. The van der Waals surface area contributed by atoms with Crippen molar-refractivity contribution in [2.45, 2.75) is 19.9 Å². The van der Waals surface area contributed by atoms with Crippen molar-refractivity contribution in [1.29, 1.82) is 0 Å². The van der Waals surface area contributed by atoms with Gasteiger partial charge in [0, 0.05) is 49.9 Å². The third kappa shape index (κ3) is 3.51. The molecule has 0 saturated carbocycles. The Balaban J connectivity index is 2.18. The number of non-ortho nitro benzene ring substituents is 1. The van der Waals surface area contributed by atoms with Crippen LogP contribution in [0, 0.1) is 10.1 Å². The van der Waals surface area contributed by atoms with Crippen molar-refractivity contribution in [2.24, 2.45) is 0 Å². The van der Waals surface area contributed by atoms with Crippen LogP contribution in [-0.4, -0.2) is 52.9 Å². The lowest BCUT2D eigenvalue weighted by Crippen LogP contribution is -2.50. The molecule has 0 N–H and O–H groups in total. The molecule has 22 heavy (non-hydrogen) atoms. The Bertz CT molecular complexity index is 590. The van der Waals surface area contributed by atoms with E-state index in [4.69, 9.17) is 0 Å². The summed E-state index contributed by atoms with van der Waals surface area (Å²) in [7, 11) is 0. The summed E-state index contributed by atoms with van der Waals surface area (Å²) in [6.07, 6.45) is 1.51. The summed E-state index contributed by atoms with van der Waals surface area (Å²) < 4.78 is 0. The number of piperazine rings is 1. The predicted octanol–water partition coefficient (Wildman–Crippen LogP) is 2.40. The van der Waals surface area contributed by atoms with Gasteiger partial charge in [0.15, 0.2) is 0 Å². The number of hydrogen-bond acceptors (Lipinski definition) is 4. The molecular weight excluding hydrogens is 282 g/mol. The van der Waals surface area contributed by atoms with E-state index < -0.39 is 4.92 Å². The number of nitro groups is 1. The summed E-state index contributed by atoms with van der Waals surface area (Å²) in [6.45, 7) is 10.8. The fraction of sp³-hybridized carbons (Fsp3) is 0.438. The molecule has 1 heterocycles. The summed E-state index contributed by atoms with van der Waals surface area (Å²) in [5, 5.41) is 11.0. The van der Waals surface area contributed by atoms with Crippen molar-refractivity contribution in [3.8, 4) is 0 Å². The third-order valence-corrected chi connectivity index (χ3v) is 3.97. The Morgan fingerprint density at radius 3 is 2.41 bits per heavy atom. The minimum Gasteiger partial charge on any atom is -0.336 e. The number of nitrogens with zero attached hydrogens (tertiary/aromatic N) is 3. The Kier molecular flexibility index (Phi) is 4.92. The minimum absolute atomic E-state index is 0.0819. The van der Waals surface area contributed by atoms with Crippen LogP contribution in [0.4, 0.5) is 5.69 Å². The van der Waals surface area contributed by atoms with Crippen LogP contribution in [0.3, 0.4) is 0 Å². The zero-order valence-electron chi connectivity index (χ0n) is 13.0. The molecule has 1 aromatic carbocycles. The third-order valence-electron chi connectivity index (χ3n) is 3.97. The van der Waals surface area contributed by atoms with Gasteiger partial charge in [-0.1, -0.05) is 12.7 Å². The smallest absolute Gasteiger partial charge is 0.270 e. The average Bonchev–Trinajstić information content (AvgIpc) is 2.53. The molecule has 0 aromatic heterocycles. The number of benzene rings is 1. The minimum atomic E-state index is -0.486. The Morgan fingerprint density at radius 1 is 1.27 bits per heavy atom. The van der Waals surface area contributed by atoms with Gasteiger partial charge in [0.1, 0.15) is 0 Å². The highest BCUT2D eigenvalue weighted by Crippen LogP contribution is 2.20. The number of carbonyl (C=O) groups is 1. The maximum Gasteiger partial charge on any atom is 0.270 e. The van der Waals surface area contributed by atoms with Crippen LogP contribution >= 0.6 is 0 Å². The van der Waals surface area contributed by atoms with Crippen molar-refractivity contribution < 1.29 is 9.72 Å². The van der Waals surface area contributed by atoms with Crippen LogP contribution in [0.2, 0.25) is 0 Å². The van der Waals surface area contributed by atoms with Crippen LogP contribution in [0.15, 0.2) is 24.8 Å². The number of rotatable bonds is 4. The molecule has 0 unspecified atom stereocenters. The highest BCUT2D eigenvalue weighted by atomic mass is 16.6. The van der Waals surface area contributed by atoms with E-state index in [1.807, 2.05) is 0 Å². The monoisotopic (exact) mass is 303 g/mol. The van der Waals surface area contributed by atoms with Gasteiger partial charge in [-0.3, -0.25) is 19.8 Å². The Morgan fingerprint density at radius 2 is 1.91 bits per heavy atom. The van der Waals surface area contributed by atoms with Crippen LogP contribution < -0.4 is 0 Å². The number of nitro benzene ring substituents is 1. The van der Waals surface area contributed by atoms with E-state index in [9.17, 15) is 14.9 Å². The summed E-state index contributed by atoms with van der Waals surface area (Å²) in [5.41, 5.74) is 0.849. The van der Waals surface area contributed by atoms with E-state index in [-0.39, 0.29) is 11.6 Å². The van der Waals surface area contributed by atoms with E-state index in [0.717, 1.165) is 13.1 Å². The first kappa shape index (κ1) is 16.2. The molecule has 1 saturated heterocycles. The second kappa shape index (κ2) is 6.70. The van der Waals surface area contributed by atoms with Crippen LogP contribution in [-0.2, 0) is 0 Å². The van der Waals surface area contributed by atoms with Crippen molar-refractivity contribution in [2.75, 3.05) is 26.2 Å². The van der Waals surface area contributed by atoms with E-state index in [1.54, 1.807) is 11.0 Å². The van der Waals surface area contributed by atoms with E-state index >= 15 is 0 Å². The summed E-state index contributed by atoms with van der Waals surface area (Å²) in [5.74, 6) is -0.157. The largest absolute Gasteiger partial charge is 0.336 e. The molecule has 0 spiro atoms. The molecule has 0 radical (unpaired) electrons. The normalized spacial score (nSPS) is 15.9. The first-order valence-corrected chi connectivity index (χ1v) is 7.37. The van der Waals surface area contributed by atoms with E-state index in [2.05, 4.69) is 25.3 Å². The highest BCUT2D eigenvalue weighted by Gasteiger charge is 2.24. The molecule has 1 aliphatic rings. The topological polar surface area (TPSA) is 66.7 Å². The Hall–Kier alpha value is -2.21. The maximum absolute atomic E-state index is 12.6. The number of hydrogen-bond donors (Lipinski definition) is 0. The van der Waals surface area contributed by atoms with Gasteiger partial charge >= 0.3 is 0 Å². The lowest BCUT2D eigenvalue weighted by molar-refractivity contribution is -0.384. The van der Waals surface area contributed by atoms with Crippen LogP contribution in [0.5, 0.6) is 0 Å². The summed E-state index contributed by atoms with van der Waals surface area (Å²) in [6, 6.07) is 4.87. The molecule has 6 nitrogen and oxygen atoms in total. The molecule has 1 amide bonds. The molecule has 2 rings (SSSR count). The van der Waals surface area contributed by atoms with Gasteiger partial charge in [0.25, 0.3) is 11.6 Å². The van der Waals surface area contributed by atoms with Gasteiger partial charge in [-0.2, -0.15) is 0 Å². The van der Waals surface area contributed by atoms with Gasteiger partial charge in [0.05, 0.1) is 4.92 Å². The van der Waals surface area contributed by atoms with Crippen molar-refractivity contribution in [1.82, 2.24) is 9.80 Å². The van der Waals surface area contributed by atoms with Crippen molar-refractivity contribution >= 4 is 17.7 Å². The predicted molar refractivity (Wildman–Crippen MR) is 85.8 cm³/mol. The molecule has 1 aromatic rings. The van der Waals surface area contributed by atoms with Gasteiger partial charge < -0.3 is 4.90 Å². The highest BCUT2D eigenvalue weighted by molar-refractivity contribution is 5.95. The maximum atomic E-state index is 12.6. The van der Waals surface area contributed by atoms with Gasteiger partial charge in [-0.15, -0.1) is 0 Å². The van der Waals surface area contributed by atoms with E-state index in [1.165, 1.54) is 18.2 Å². The zero-order chi connectivity index (χ0) is 16.3. The van der Waals surface area contributed by atoms with Gasteiger partial charge in [0.2, 0.25) is 0 Å². The van der Waals surface area contributed by atoms with Crippen molar-refractivity contribution in [3.05, 3.63) is 46.0 Å². The molecule has 6 heteroatoms. The molecule has 118 valence electrons. The standard InChI is InChI=1S/C16H21N3O3/c1-4-13-9-14(11-15(10-13)19(21)22)16(20)18-7-5-17(6-8-18)12(2)3/h4,9-12H,1,5-8H2,2-3H3. The molecule has 1 fully saturated rings. The average molecular weight is 303 g/mol. The molecule has 0 atom stereocenters. The molecule has 0 aliphatic carbocycles. The van der Waals surface area contributed by atoms with Crippen molar-refractivity contribution in [3.63, 3.8) is 0 Å². The first-order chi connectivity index (χ1) is 10.4. The molecule has 0 bridgehead atoms. The van der Waals surface area contributed by atoms with Gasteiger partial charge in [-0.05, 0) is 25.5 Å². The quantitative estimate of drug-likeness (QED) is 0.633. The second-order valence-electron chi connectivity index (χ2n) is 5.70. The first-order valence-electron chi connectivity index (χ1n) is 7.37. The van der Waals surface area contributed by atoms with Crippen LogP contribution in [0.1, 0.15) is 29.8 Å².